The first-order valence-corrected chi connectivity index (χ1v) is 11.9. The van der Waals surface area contributed by atoms with Crippen LogP contribution in [0, 0.1) is 6.17 Å². The lowest BCUT2D eigenvalue weighted by Crippen LogP contribution is -2.46. The van der Waals surface area contributed by atoms with E-state index in [1.165, 1.54) is 25.4 Å². The second-order valence-corrected chi connectivity index (χ2v) is 9.67. The van der Waals surface area contributed by atoms with Crippen molar-refractivity contribution in [2.75, 3.05) is 20.1 Å². The minimum absolute atomic E-state index is 0. The molecule has 0 spiro atoms. The number of benzene rings is 1. The fourth-order valence-electron chi connectivity index (χ4n) is 4.85. The molecule has 4 heterocycles. The number of halogens is 7. The van der Waals surface area contributed by atoms with Crippen LogP contribution in [0.3, 0.4) is 0 Å². The number of likely N-dealkylation sites (tertiary alicyclic amines) is 1. The molecule has 2 aromatic heterocycles. The fourth-order valence-corrected chi connectivity index (χ4v) is 4.85. The van der Waals surface area contributed by atoms with Gasteiger partial charge in [0.2, 0.25) is 5.67 Å². The highest BCUT2D eigenvalue weighted by Crippen LogP contribution is 2.48. The molecular formula is C25H25F7N6O+. The number of azo groups is 1. The number of rotatable bonds is 6. The van der Waals surface area contributed by atoms with Crippen molar-refractivity contribution in [3.63, 3.8) is 0 Å². The zero-order chi connectivity index (χ0) is 27.5. The number of alkyl halides is 6. The second kappa shape index (κ2) is 9.88. The molecule has 0 bridgehead atoms. The lowest BCUT2D eigenvalue weighted by Gasteiger charge is -2.30. The van der Waals surface area contributed by atoms with E-state index in [0.717, 1.165) is 70.2 Å². The van der Waals surface area contributed by atoms with Crippen molar-refractivity contribution in [1.82, 2.24) is 13.9 Å². The van der Waals surface area contributed by atoms with E-state index in [0.29, 0.717) is 12.5 Å². The van der Waals surface area contributed by atoms with Gasteiger partial charge in [-0.15, -0.1) is 0 Å². The van der Waals surface area contributed by atoms with Crippen LogP contribution >= 0.6 is 0 Å². The molecule has 14 heteroatoms. The Morgan fingerprint density at radius 1 is 1.03 bits per heavy atom. The predicted molar refractivity (Wildman–Crippen MR) is 129 cm³/mol. The minimum atomic E-state index is -4.75. The first-order valence-electron chi connectivity index (χ1n) is 11.9. The number of nitrogens with zero attached hydrogens (tertiary/aromatic N) is 6. The van der Waals surface area contributed by atoms with Crippen molar-refractivity contribution in [3.8, 4) is 5.69 Å². The lowest BCUT2D eigenvalue weighted by molar-refractivity contribution is -0.505. The molecule has 3 aromatic rings. The van der Waals surface area contributed by atoms with E-state index >= 15 is 13.2 Å². The molecule has 2 aliphatic rings. The zero-order valence-electron chi connectivity index (χ0n) is 20.9. The van der Waals surface area contributed by atoms with E-state index in [4.69, 9.17) is 0 Å². The van der Waals surface area contributed by atoms with Gasteiger partial charge in [-0.05, 0) is 67.3 Å². The van der Waals surface area contributed by atoms with Crippen molar-refractivity contribution in [3.05, 3.63) is 76.1 Å². The van der Waals surface area contributed by atoms with E-state index in [1.807, 2.05) is 4.90 Å². The van der Waals surface area contributed by atoms with Gasteiger partial charge < -0.3 is 0 Å². The van der Waals surface area contributed by atoms with Gasteiger partial charge in [-0.1, -0.05) is 12.1 Å². The molecule has 209 valence electrons. The van der Waals surface area contributed by atoms with Gasteiger partial charge in [0, 0.05) is 18.9 Å². The van der Waals surface area contributed by atoms with Crippen molar-refractivity contribution in [2.45, 2.75) is 44.1 Å². The molecule has 0 N–H and O–H groups in total. The average molecular weight is 559 g/mol. The van der Waals surface area contributed by atoms with Crippen molar-refractivity contribution in [1.29, 1.82) is 0 Å². The molecule has 0 amide bonds. The smallest absolute Gasteiger partial charge is 0.299 e. The Morgan fingerprint density at radius 3 is 2.33 bits per heavy atom. The quantitative estimate of drug-likeness (QED) is 0.305. The second-order valence-electron chi connectivity index (χ2n) is 9.67. The molecule has 0 saturated carbocycles. The topological polar surface area (TPSA) is 57.4 Å². The van der Waals surface area contributed by atoms with Gasteiger partial charge >= 0.3 is 30.3 Å². The summed E-state index contributed by atoms with van der Waals surface area (Å²) in [6, 6.07) is 5.74. The van der Waals surface area contributed by atoms with Gasteiger partial charge in [0.1, 0.15) is 0 Å². The van der Waals surface area contributed by atoms with Gasteiger partial charge in [-0.3, -0.25) is 18.6 Å². The van der Waals surface area contributed by atoms with Crippen LogP contribution < -0.4 is 5.69 Å². The maximum absolute atomic E-state index is 15.7. The van der Waals surface area contributed by atoms with E-state index in [2.05, 4.69) is 10.2 Å². The summed E-state index contributed by atoms with van der Waals surface area (Å²) in [5, 5.41) is 6.72. The Balaban J connectivity index is 0.00000353. The molecule has 1 atom stereocenters. The van der Waals surface area contributed by atoms with Crippen LogP contribution in [0.2, 0.25) is 0 Å². The summed E-state index contributed by atoms with van der Waals surface area (Å²) in [7, 11) is 1.25. The summed E-state index contributed by atoms with van der Waals surface area (Å²) < 4.78 is 90.8. The third kappa shape index (κ3) is 4.85. The standard InChI is InChI=1S/C25H24F6N6O.FH/c1-23(26,24(27,28)21-33-32-15-34(21)2)17-6-5-7-18(11-17)36-14-20-19(25(29,30)31)10-16(13-37(20)22(36)38)12-35-8-3-4-9-35;/h5-7,10-11,13-15H,3-4,8-9,12H2,1-2H3;1H/q+1;/t23-;/m1./s1. The Kier molecular flexibility index (Phi) is 7.21. The molecule has 39 heavy (non-hydrogen) atoms. The van der Waals surface area contributed by atoms with Crippen LogP contribution in [0.1, 0.15) is 36.5 Å². The number of hydrogen-bond donors (Lipinski definition) is 0. The van der Waals surface area contributed by atoms with Gasteiger partial charge in [0.15, 0.2) is 0 Å². The normalized spacial score (nSPS) is 18.4. The molecule has 1 saturated heterocycles. The minimum Gasteiger partial charge on any atom is -0.299 e. The molecule has 0 unspecified atom stereocenters. The highest BCUT2D eigenvalue weighted by molar-refractivity contribution is 5.58. The van der Waals surface area contributed by atoms with Crippen molar-refractivity contribution >= 4 is 11.9 Å². The number of imidazole rings is 1. The maximum Gasteiger partial charge on any atom is 0.418 e. The predicted octanol–water partition coefficient (Wildman–Crippen LogP) is 5.30. The summed E-state index contributed by atoms with van der Waals surface area (Å²) in [6.07, 6.45) is -0.400. The maximum atomic E-state index is 15.7. The highest BCUT2D eigenvalue weighted by atomic mass is 19.4. The van der Waals surface area contributed by atoms with Gasteiger partial charge in [0.05, 0.1) is 28.9 Å². The van der Waals surface area contributed by atoms with Crippen LogP contribution in [0.15, 0.2) is 57.7 Å². The van der Waals surface area contributed by atoms with Gasteiger partial charge in [-0.25, -0.2) is 13.8 Å². The third-order valence-electron chi connectivity index (χ3n) is 6.98. The van der Waals surface area contributed by atoms with Crippen LogP contribution in [-0.2, 0) is 18.4 Å². The monoisotopic (exact) mass is 558 g/mol. The highest BCUT2D eigenvalue weighted by Gasteiger charge is 2.64. The Hall–Kier alpha value is -3.55. The zero-order valence-corrected chi connectivity index (χ0v) is 20.9. The van der Waals surface area contributed by atoms with E-state index < -0.39 is 46.3 Å². The van der Waals surface area contributed by atoms with E-state index in [-0.39, 0.29) is 16.9 Å². The first-order chi connectivity index (χ1) is 17.8. The summed E-state index contributed by atoms with van der Waals surface area (Å²) in [6.45, 7) is 2.43. The molecule has 1 fully saturated rings. The summed E-state index contributed by atoms with van der Waals surface area (Å²) in [5.74, 6) is -4.11. The summed E-state index contributed by atoms with van der Waals surface area (Å²) in [5.41, 5.74) is -5.76. The van der Waals surface area contributed by atoms with Crippen molar-refractivity contribution < 1.29 is 35.6 Å². The van der Waals surface area contributed by atoms with Gasteiger partial charge in [-0.2, -0.15) is 22.0 Å². The first kappa shape index (κ1) is 28.5. The van der Waals surface area contributed by atoms with Crippen molar-refractivity contribution in [2.24, 2.45) is 10.2 Å². The molecule has 1 radical (unpaired) electrons. The molecule has 7 nitrogen and oxygen atoms in total. The third-order valence-corrected chi connectivity index (χ3v) is 6.98. The average Bonchev–Trinajstić information content (AvgIpc) is 3.59. The van der Waals surface area contributed by atoms with E-state index in [1.54, 1.807) is 0 Å². The number of aromatic nitrogens is 2. The summed E-state index contributed by atoms with van der Waals surface area (Å²) in [4.78, 5) is 15.3. The Bertz CT molecular complexity index is 1500. The molecule has 5 rings (SSSR count). The molecule has 1 aromatic carbocycles. The number of pyridine rings is 1. The van der Waals surface area contributed by atoms with E-state index in [9.17, 15) is 18.0 Å². The molecule has 0 aliphatic carbocycles. The number of hydrogen-bond acceptors (Lipinski definition) is 4. The fraction of sp³-hybridized carbons (Fsp3) is 0.400. The van der Waals surface area contributed by atoms with Crippen LogP contribution in [0.25, 0.3) is 11.2 Å². The number of fused-ring (bicyclic) bond motifs is 1. The molecular weight excluding hydrogens is 533 g/mol. The molecule has 2 aliphatic heterocycles. The Morgan fingerprint density at radius 2 is 1.72 bits per heavy atom. The summed E-state index contributed by atoms with van der Waals surface area (Å²) >= 11 is 0. The SMILES string of the molecule is C[N+]1=CN=N[C]1C(F)(F)[C@](C)(F)c1cccc(-n2cc3c(C(F)(F)F)cc(CN4CCCC4)cn3c2=O)c1.F. The van der Waals surface area contributed by atoms with Crippen LogP contribution in [0.4, 0.5) is 31.0 Å². The Labute approximate surface area is 218 Å². The van der Waals surface area contributed by atoms with Crippen LogP contribution in [0.5, 0.6) is 0 Å². The van der Waals surface area contributed by atoms with Crippen LogP contribution in [-0.4, -0.2) is 50.8 Å². The lowest BCUT2D eigenvalue weighted by atomic mass is 9.89. The van der Waals surface area contributed by atoms with Gasteiger partial charge in [0.25, 0.3) is 0 Å². The largest absolute Gasteiger partial charge is 0.418 e.